The minimum atomic E-state index is -0.0175. The summed E-state index contributed by atoms with van der Waals surface area (Å²) in [5.41, 5.74) is 8.13. The lowest BCUT2D eigenvalue weighted by molar-refractivity contribution is -0.116. The Morgan fingerprint density at radius 3 is 2.68 bits per heavy atom. The number of amides is 1. The molecule has 0 atom stereocenters. The van der Waals surface area contributed by atoms with E-state index in [1.165, 1.54) is 0 Å². The molecule has 0 radical (unpaired) electrons. The van der Waals surface area contributed by atoms with Crippen molar-refractivity contribution in [1.82, 2.24) is 0 Å². The lowest BCUT2D eigenvalue weighted by Gasteiger charge is -2.11. The molecule has 0 saturated heterocycles. The first kappa shape index (κ1) is 20.6. The molecule has 0 spiro atoms. The Hall–Kier alpha value is -0.710. The molecular weight excluding hydrogens is 351 g/mol. The van der Waals surface area contributed by atoms with E-state index in [0.29, 0.717) is 17.8 Å². The van der Waals surface area contributed by atoms with E-state index in [0.717, 1.165) is 22.9 Å². The van der Waals surface area contributed by atoms with E-state index >= 15 is 0 Å². The summed E-state index contributed by atoms with van der Waals surface area (Å²) in [6.45, 7) is 5.53. The predicted octanol–water partition coefficient (Wildman–Crippen LogP) is 4.48. The van der Waals surface area contributed by atoms with Crippen LogP contribution in [0.25, 0.3) is 0 Å². The quantitative estimate of drug-likeness (QED) is 0.456. The van der Waals surface area contributed by atoms with Crippen LogP contribution in [0, 0.1) is 6.92 Å². The molecule has 1 rings (SSSR count). The molecule has 0 aromatic heterocycles. The summed E-state index contributed by atoms with van der Waals surface area (Å²) in [6, 6.07) is 3.73. The van der Waals surface area contributed by atoms with Crippen LogP contribution in [-0.4, -0.2) is 5.91 Å². The molecule has 1 aromatic rings. The topological polar surface area (TPSA) is 55.1 Å². The van der Waals surface area contributed by atoms with Gasteiger partial charge < -0.3 is 11.1 Å². The lowest BCUT2D eigenvalue weighted by atomic mass is 10.1. The molecular formula is C13H19BrCl2N2O. The van der Waals surface area contributed by atoms with Gasteiger partial charge >= 0.3 is 0 Å². The van der Waals surface area contributed by atoms with Crippen molar-refractivity contribution in [3.8, 4) is 0 Å². The second kappa shape index (κ2) is 10.1. The summed E-state index contributed by atoms with van der Waals surface area (Å²) in [5, 5.41) is 2.82. The molecule has 0 saturated carbocycles. The fraction of sp³-hybridized carbons (Fsp3) is 0.308. The number of nitrogens with two attached hydrogens (primary N) is 1. The number of nitrogens with one attached hydrogen (secondary N) is 1. The van der Waals surface area contributed by atoms with E-state index in [1.807, 2.05) is 25.1 Å². The number of rotatable bonds is 5. The van der Waals surface area contributed by atoms with Gasteiger partial charge in [-0.15, -0.1) is 31.4 Å². The molecule has 0 fully saturated rings. The summed E-state index contributed by atoms with van der Waals surface area (Å²) in [6.07, 6.45) is 3.95. The minimum absolute atomic E-state index is 0. The van der Waals surface area contributed by atoms with Crippen molar-refractivity contribution in [1.29, 1.82) is 0 Å². The van der Waals surface area contributed by atoms with E-state index in [9.17, 15) is 4.79 Å². The van der Waals surface area contributed by atoms with Crippen LogP contribution in [-0.2, 0) is 4.79 Å². The predicted molar refractivity (Wildman–Crippen MR) is 90.5 cm³/mol. The zero-order valence-corrected chi connectivity index (χ0v) is 14.0. The Labute approximate surface area is 135 Å². The summed E-state index contributed by atoms with van der Waals surface area (Å²) in [7, 11) is 0. The highest BCUT2D eigenvalue weighted by Crippen LogP contribution is 2.27. The lowest BCUT2D eigenvalue weighted by Crippen LogP contribution is -2.13. The minimum Gasteiger partial charge on any atom is -0.397 e. The number of carbonyl (C=O) groups is 1. The summed E-state index contributed by atoms with van der Waals surface area (Å²) in [5.74, 6) is -0.0175. The van der Waals surface area contributed by atoms with Crippen molar-refractivity contribution in [2.45, 2.75) is 26.2 Å². The van der Waals surface area contributed by atoms with Crippen molar-refractivity contribution >= 4 is 58.0 Å². The molecule has 3 N–H and O–H groups in total. The zero-order chi connectivity index (χ0) is 12.8. The van der Waals surface area contributed by atoms with Gasteiger partial charge in [-0.25, -0.2) is 0 Å². The largest absolute Gasteiger partial charge is 0.397 e. The molecule has 0 aliphatic rings. The van der Waals surface area contributed by atoms with E-state index in [2.05, 4.69) is 27.8 Å². The molecule has 0 unspecified atom stereocenters. The number of halogens is 3. The average molecular weight is 370 g/mol. The van der Waals surface area contributed by atoms with Crippen molar-refractivity contribution in [3.05, 3.63) is 34.8 Å². The summed E-state index contributed by atoms with van der Waals surface area (Å²) < 4.78 is 0.908. The maximum Gasteiger partial charge on any atom is 0.224 e. The number of aryl methyl sites for hydroxylation is 1. The van der Waals surface area contributed by atoms with Crippen molar-refractivity contribution in [3.63, 3.8) is 0 Å². The van der Waals surface area contributed by atoms with Crippen molar-refractivity contribution in [2.24, 2.45) is 0 Å². The first-order chi connectivity index (χ1) is 8.04. The van der Waals surface area contributed by atoms with Crippen LogP contribution in [0.5, 0.6) is 0 Å². The maximum absolute atomic E-state index is 11.6. The molecule has 0 aliphatic heterocycles. The third-order valence-electron chi connectivity index (χ3n) is 2.44. The Kier molecular flexibility index (Phi) is 11.0. The number of nitrogen functional groups attached to an aromatic ring is 1. The van der Waals surface area contributed by atoms with Crippen molar-refractivity contribution < 1.29 is 4.79 Å². The van der Waals surface area contributed by atoms with Crippen LogP contribution in [0.4, 0.5) is 11.4 Å². The standard InChI is InChI=1S/C13H17BrN2O.2ClH/c1-3-4-5-6-12(17)16-11-8-10(14)7-9(2)13(11)15;;/h3,7-8H,1,4-6,15H2,2H3,(H,16,17);2*1H. The van der Waals surface area contributed by atoms with E-state index in [4.69, 9.17) is 5.73 Å². The third-order valence-corrected chi connectivity index (χ3v) is 2.90. The van der Waals surface area contributed by atoms with E-state index in [1.54, 1.807) is 0 Å². The van der Waals surface area contributed by atoms with Crippen LogP contribution in [0.1, 0.15) is 24.8 Å². The molecule has 0 aliphatic carbocycles. The fourth-order valence-electron chi connectivity index (χ4n) is 1.48. The van der Waals surface area contributed by atoms with E-state index < -0.39 is 0 Å². The highest BCUT2D eigenvalue weighted by Gasteiger charge is 2.07. The monoisotopic (exact) mass is 368 g/mol. The smallest absolute Gasteiger partial charge is 0.224 e. The molecule has 0 bridgehead atoms. The number of benzene rings is 1. The fourth-order valence-corrected chi connectivity index (χ4v) is 2.05. The number of hydrogen-bond acceptors (Lipinski definition) is 2. The number of anilines is 2. The van der Waals surface area contributed by atoms with Gasteiger partial charge in [-0.1, -0.05) is 22.0 Å². The van der Waals surface area contributed by atoms with Gasteiger partial charge in [-0.2, -0.15) is 0 Å². The first-order valence-corrected chi connectivity index (χ1v) is 6.30. The number of unbranched alkanes of at least 4 members (excludes halogenated alkanes) is 1. The molecule has 6 heteroatoms. The maximum atomic E-state index is 11.6. The van der Waals surface area contributed by atoms with Crippen LogP contribution < -0.4 is 11.1 Å². The highest BCUT2D eigenvalue weighted by molar-refractivity contribution is 9.10. The van der Waals surface area contributed by atoms with Crippen molar-refractivity contribution in [2.75, 3.05) is 11.1 Å². The molecule has 1 amide bonds. The number of hydrogen-bond donors (Lipinski definition) is 2. The Morgan fingerprint density at radius 1 is 1.47 bits per heavy atom. The van der Waals surface area contributed by atoms with Gasteiger partial charge in [0.1, 0.15) is 0 Å². The van der Waals surface area contributed by atoms with Crippen LogP contribution in [0.2, 0.25) is 0 Å². The molecule has 0 heterocycles. The van der Waals surface area contributed by atoms with Crippen LogP contribution in [0.15, 0.2) is 29.3 Å². The van der Waals surface area contributed by atoms with Gasteiger partial charge in [-0.3, -0.25) is 4.79 Å². The van der Waals surface area contributed by atoms with Gasteiger partial charge in [0.25, 0.3) is 0 Å². The van der Waals surface area contributed by atoms with Gasteiger partial charge in [0.15, 0.2) is 0 Å². The van der Waals surface area contributed by atoms with E-state index in [-0.39, 0.29) is 30.7 Å². The van der Waals surface area contributed by atoms with Gasteiger partial charge in [0.05, 0.1) is 11.4 Å². The second-order valence-electron chi connectivity index (χ2n) is 3.91. The first-order valence-electron chi connectivity index (χ1n) is 5.51. The second-order valence-corrected chi connectivity index (χ2v) is 4.83. The number of carbonyl (C=O) groups excluding carboxylic acids is 1. The normalized spacial score (nSPS) is 8.95. The zero-order valence-electron chi connectivity index (χ0n) is 10.7. The molecule has 3 nitrogen and oxygen atoms in total. The Balaban J connectivity index is 0. The Morgan fingerprint density at radius 2 is 2.11 bits per heavy atom. The molecule has 19 heavy (non-hydrogen) atoms. The van der Waals surface area contributed by atoms with Gasteiger partial charge in [-0.05, 0) is 37.5 Å². The summed E-state index contributed by atoms with van der Waals surface area (Å²) >= 11 is 3.38. The molecule has 108 valence electrons. The highest BCUT2D eigenvalue weighted by atomic mass is 79.9. The van der Waals surface area contributed by atoms with Crippen LogP contribution in [0.3, 0.4) is 0 Å². The number of allylic oxidation sites excluding steroid dienone is 1. The SMILES string of the molecule is C=CCCCC(=O)Nc1cc(Br)cc(C)c1N.Cl.Cl. The summed E-state index contributed by atoms with van der Waals surface area (Å²) in [4.78, 5) is 11.6. The third kappa shape index (κ3) is 6.85. The van der Waals surface area contributed by atoms with Gasteiger partial charge in [0.2, 0.25) is 5.91 Å². The Bertz CT molecular complexity index is 439. The average Bonchev–Trinajstić information content (AvgIpc) is 2.25. The molecule has 1 aromatic carbocycles. The van der Waals surface area contributed by atoms with Gasteiger partial charge in [0, 0.05) is 10.9 Å². The van der Waals surface area contributed by atoms with Crippen LogP contribution >= 0.6 is 40.7 Å².